The van der Waals surface area contributed by atoms with Crippen molar-refractivity contribution in [1.29, 1.82) is 0 Å². The highest BCUT2D eigenvalue weighted by Crippen LogP contribution is 2.30. The average molecular weight is 325 g/mol. The van der Waals surface area contributed by atoms with Crippen LogP contribution in [0.5, 0.6) is 0 Å². The van der Waals surface area contributed by atoms with Gasteiger partial charge in [0.25, 0.3) is 0 Å². The van der Waals surface area contributed by atoms with Crippen LogP contribution in [-0.4, -0.2) is 26.2 Å². The lowest BCUT2D eigenvalue weighted by Gasteiger charge is -2.15. The third-order valence-corrected chi connectivity index (χ3v) is 4.26. The molecule has 0 heterocycles. The lowest BCUT2D eigenvalue weighted by Crippen LogP contribution is -2.29. The zero-order valence-corrected chi connectivity index (χ0v) is 12.5. The van der Waals surface area contributed by atoms with Gasteiger partial charge in [-0.2, -0.15) is 13.2 Å². The second kappa shape index (κ2) is 6.76. The number of hydrogen-bond donors (Lipinski definition) is 2. The van der Waals surface area contributed by atoms with Crippen LogP contribution in [0, 0.1) is 5.92 Å². The third kappa shape index (κ3) is 5.64. The van der Waals surface area contributed by atoms with Crippen LogP contribution in [0.1, 0.15) is 25.8 Å². The van der Waals surface area contributed by atoms with Gasteiger partial charge in [-0.1, -0.05) is 13.0 Å². The summed E-state index contributed by atoms with van der Waals surface area (Å²) < 4.78 is 63.9. The summed E-state index contributed by atoms with van der Waals surface area (Å²) in [5, 5.41) is 9.19. The molecule has 0 aliphatic rings. The number of sulfonamides is 1. The molecule has 0 fully saturated rings. The van der Waals surface area contributed by atoms with Crippen LogP contribution in [0.2, 0.25) is 0 Å². The van der Waals surface area contributed by atoms with Crippen molar-refractivity contribution in [3.63, 3.8) is 0 Å². The van der Waals surface area contributed by atoms with E-state index in [0.29, 0.717) is 12.5 Å². The van der Waals surface area contributed by atoms with Crippen LogP contribution < -0.4 is 4.72 Å². The molecule has 0 bridgehead atoms. The molecule has 1 aromatic carbocycles. The van der Waals surface area contributed by atoms with Crippen LogP contribution in [-0.2, 0) is 16.2 Å². The SMILES string of the molecule is CC(O)CC(C)CNS(=O)(=O)c1cccc(C(F)(F)F)c1. The second-order valence-electron chi connectivity index (χ2n) is 5.07. The van der Waals surface area contributed by atoms with Crippen molar-refractivity contribution in [2.75, 3.05) is 6.54 Å². The van der Waals surface area contributed by atoms with Crippen LogP contribution in [0.15, 0.2) is 29.2 Å². The van der Waals surface area contributed by atoms with Gasteiger partial charge in [0.15, 0.2) is 0 Å². The fourth-order valence-electron chi connectivity index (χ4n) is 1.84. The molecule has 0 spiro atoms. The number of hydrogen-bond acceptors (Lipinski definition) is 3. The Kier molecular flexibility index (Phi) is 5.77. The van der Waals surface area contributed by atoms with E-state index < -0.39 is 32.8 Å². The minimum absolute atomic E-state index is 0.0451. The quantitative estimate of drug-likeness (QED) is 0.844. The van der Waals surface area contributed by atoms with Crippen molar-refractivity contribution in [2.24, 2.45) is 5.92 Å². The Morgan fingerprint density at radius 2 is 1.90 bits per heavy atom. The summed E-state index contributed by atoms with van der Waals surface area (Å²) in [5.74, 6) is -0.134. The van der Waals surface area contributed by atoms with Crippen molar-refractivity contribution in [2.45, 2.75) is 37.4 Å². The van der Waals surface area contributed by atoms with Gasteiger partial charge in [0.1, 0.15) is 0 Å². The highest BCUT2D eigenvalue weighted by Gasteiger charge is 2.31. The van der Waals surface area contributed by atoms with E-state index in [0.717, 1.165) is 18.2 Å². The molecule has 120 valence electrons. The Bertz CT molecular complexity index is 570. The number of aliphatic hydroxyl groups excluding tert-OH is 1. The normalized spacial score (nSPS) is 15.7. The maximum absolute atomic E-state index is 12.6. The van der Waals surface area contributed by atoms with E-state index in [1.807, 2.05) is 0 Å². The predicted molar refractivity (Wildman–Crippen MR) is 72.1 cm³/mol. The first kappa shape index (κ1) is 17.9. The highest BCUT2D eigenvalue weighted by molar-refractivity contribution is 7.89. The van der Waals surface area contributed by atoms with Crippen molar-refractivity contribution < 1.29 is 26.7 Å². The first-order valence-electron chi connectivity index (χ1n) is 6.37. The predicted octanol–water partition coefficient (Wildman–Crippen LogP) is 2.39. The Morgan fingerprint density at radius 1 is 1.29 bits per heavy atom. The largest absolute Gasteiger partial charge is 0.416 e. The van der Waals surface area contributed by atoms with E-state index in [9.17, 15) is 26.7 Å². The van der Waals surface area contributed by atoms with Crippen LogP contribution >= 0.6 is 0 Å². The molecule has 0 aromatic heterocycles. The summed E-state index contributed by atoms with van der Waals surface area (Å²) >= 11 is 0. The van der Waals surface area contributed by atoms with Gasteiger partial charge in [-0.25, -0.2) is 13.1 Å². The standard InChI is InChI=1S/C13H18F3NO3S/c1-9(6-10(2)18)8-17-21(19,20)12-5-3-4-11(7-12)13(14,15)16/h3-5,7,9-10,17-18H,6,8H2,1-2H3. The van der Waals surface area contributed by atoms with E-state index in [1.54, 1.807) is 13.8 Å². The van der Waals surface area contributed by atoms with E-state index in [-0.39, 0.29) is 12.5 Å². The molecule has 0 radical (unpaired) electrons. The molecule has 1 rings (SSSR count). The van der Waals surface area contributed by atoms with Crippen LogP contribution in [0.25, 0.3) is 0 Å². The first-order chi connectivity index (χ1) is 9.52. The van der Waals surface area contributed by atoms with Gasteiger partial charge in [-0.05, 0) is 37.5 Å². The summed E-state index contributed by atoms with van der Waals surface area (Å²) in [6, 6.07) is 3.57. The van der Waals surface area contributed by atoms with Crippen molar-refractivity contribution in [3.05, 3.63) is 29.8 Å². The van der Waals surface area contributed by atoms with Gasteiger partial charge in [0.05, 0.1) is 16.6 Å². The molecule has 2 N–H and O–H groups in total. The Balaban J connectivity index is 2.84. The zero-order valence-electron chi connectivity index (χ0n) is 11.7. The number of benzene rings is 1. The van der Waals surface area contributed by atoms with E-state index in [1.165, 1.54) is 0 Å². The molecule has 2 atom stereocenters. The second-order valence-corrected chi connectivity index (χ2v) is 6.83. The fourth-order valence-corrected chi connectivity index (χ4v) is 3.05. The average Bonchev–Trinajstić information content (AvgIpc) is 2.35. The third-order valence-electron chi connectivity index (χ3n) is 2.84. The molecule has 0 saturated carbocycles. The van der Waals surface area contributed by atoms with Gasteiger partial charge in [-0.15, -0.1) is 0 Å². The minimum atomic E-state index is -4.59. The minimum Gasteiger partial charge on any atom is -0.393 e. The molecular weight excluding hydrogens is 307 g/mol. The van der Waals surface area contributed by atoms with Gasteiger partial charge < -0.3 is 5.11 Å². The Morgan fingerprint density at radius 3 is 2.43 bits per heavy atom. The van der Waals surface area contributed by atoms with Gasteiger partial charge in [0.2, 0.25) is 10.0 Å². The molecule has 0 aliphatic carbocycles. The van der Waals surface area contributed by atoms with Crippen molar-refractivity contribution in [3.8, 4) is 0 Å². The van der Waals surface area contributed by atoms with E-state index in [4.69, 9.17) is 0 Å². The summed E-state index contributed by atoms with van der Waals surface area (Å²) in [6.45, 7) is 3.36. The number of halogens is 3. The monoisotopic (exact) mass is 325 g/mol. The number of rotatable bonds is 6. The van der Waals surface area contributed by atoms with Gasteiger partial charge in [0, 0.05) is 6.54 Å². The molecule has 0 amide bonds. The fraction of sp³-hybridized carbons (Fsp3) is 0.538. The van der Waals surface area contributed by atoms with Gasteiger partial charge in [-0.3, -0.25) is 0 Å². The summed E-state index contributed by atoms with van der Waals surface area (Å²) in [7, 11) is -4.01. The van der Waals surface area contributed by atoms with Crippen LogP contribution in [0.3, 0.4) is 0 Å². The van der Waals surface area contributed by atoms with Crippen LogP contribution in [0.4, 0.5) is 13.2 Å². The topological polar surface area (TPSA) is 66.4 Å². The first-order valence-corrected chi connectivity index (χ1v) is 7.85. The molecular formula is C13H18F3NO3S. The molecule has 2 unspecified atom stereocenters. The Hall–Kier alpha value is -1.12. The number of aliphatic hydroxyl groups is 1. The highest BCUT2D eigenvalue weighted by atomic mass is 32.2. The van der Waals surface area contributed by atoms with Crippen molar-refractivity contribution >= 4 is 10.0 Å². The summed E-state index contributed by atoms with van der Waals surface area (Å²) in [6.07, 6.45) is -4.77. The molecule has 0 aliphatic heterocycles. The number of nitrogens with one attached hydrogen (secondary N) is 1. The summed E-state index contributed by atoms with van der Waals surface area (Å²) in [5.41, 5.74) is -1.01. The smallest absolute Gasteiger partial charge is 0.393 e. The van der Waals surface area contributed by atoms with Gasteiger partial charge >= 0.3 is 6.18 Å². The summed E-state index contributed by atoms with van der Waals surface area (Å²) in [4.78, 5) is -0.429. The number of alkyl halides is 3. The van der Waals surface area contributed by atoms with E-state index >= 15 is 0 Å². The lowest BCUT2D eigenvalue weighted by atomic mass is 10.1. The van der Waals surface area contributed by atoms with E-state index in [2.05, 4.69) is 4.72 Å². The maximum Gasteiger partial charge on any atom is 0.416 e. The molecule has 4 nitrogen and oxygen atoms in total. The van der Waals surface area contributed by atoms with Crippen molar-refractivity contribution in [1.82, 2.24) is 4.72 Å². The molecule has 8 heteroatoms. The molecule has 21 heavy (non-hydrogen) atoms. The maximum atomic E-state index is 12.6. The molecule has 1 aromatic rings. The lowest BCUT2D eigenvalue weighted by molar-refractivity contribution is -0.137. The Labute approximate surface area is 122 Å². The zero-order chi connectivity index (χ0) is 16.3. The molecule has 0 saturated heterocycles.